The molecule has 1 unspecified atom stereocenters. The predicted molar refractivity (Wildman–Crippen MR) is 240 cm³/mol. The third-order valence-corrected chi connectivity index (χ3v) is 11.7. The molecule has 11 nitrogen and oxygen atoms in total. The monoisotopic (exact) mass is 860 g/mol. The van der Waals surface area contributed by atoms with E-state index in [9.17, 15) is 23.8 Å². The number of phosphoric ester groups is 1. The fraction of sp³-hybridized carbons (Fsp3) is 0.894. The van der Waals surface area contributed by atoms with Crippen LogP contribution in [0.1, 0.15) is 239 Å². The van der Waals surface area contributed by atoms with Crippen LogP contribution in [0.2, 0.25) is 0 Å². The normalized spacial score (nSPS) is 13.7. The number of allylic oxidation sites excluding steroid dienone is 2. The van der Waals surface area contributed by atoms with E-state index in [-0.39, 0.29) is 19.4 Å². The highest BCUT2D eigenvalue weighted by Gasteiger charge is 2.28. The van der Waals surface area contributed by atoms with E-state index >= 15 is 0 Å². The van der Waals surface area contributed by atoms with E-state index in [2.05, 4.69) is 30.5 Å². The van der Waals surface area contributed by atoms with E-state index in [4.69, 9.17) is 24.8 Å². The minimum absolute atomic E-state index is 0.161. The number of carboxylic acids is 1. The molecule has 348 valence electrons. The number of carbonyl (C=O) groups excluding carboxylic acids is 2. The zero-order chi connectivity index (χ0) is 43.5. The Morgan fingerprint density at radius 1 is 0.508 bits per heavy atom. The first-order valence-corrected chi connectivity index (χ1v) is 25.7. The number of ether oxygens (including phenoxy) is 2. The van der Waals surface area contributed by atoms with E-state index in [1.165, 1.54) is 154 Å². The maximum absolute atomic E-state index is 12.7. The van der Waals surface area contributed by atoms with Gasteiger partial charge in [-0.25, -0.2) is 4.57 Å². The Morgan fingerprint density at radius 2 is 0.847 bits per heavy atom. The Labute approximate surface area is 360 Å². The molecule has 0 aliphatic heterocycles. The van der Waals surface area contributed by atoms with E-state index < -0.39 is 51.1 Å². The van der Waals surface area contributed by atoms with Crippen molar-refractivity contribution in [2.24, 2.45) is 5.73 Å². The maximum atomic E-state index is 12.7. The molecule has 0 fully saturated rings. The Balaban J connectivity index is 4.26. The van der Waals surface area contributed by atoms with Crippen LogP contribution in [0.5, 0.6) is 0 Å². The molecular weight excluding hydrogens is 769 g/mol. The topological polar surface area (TPSA) is 172 Å². The quantitative estimate of drug-likeness (QED) is 0.0230. The van der Waals surface area contributed by atoms with Crippen molar-refractivity contribution < 1.29 is 47.5 Å². The van der Waals surface area contributed by atoms with Crippen molar-refractivity contribution in [1.29, 1.82) is 0 Å². The van der Waals surface area contributed by atoms with Gasteiger partial charge in [0, 0.05) is 12.8 Å². The van der Waals surface area contributed by atoms with Gasteiger partial charge in [0.1, 0.15) is 12.6 Å². The summed E-state index contributed by atoms with van der Waals surface area (Å²) in [5.41, 5.74) is 5.34. The molecule has 0 aliphatic rings. The lowest BCUT2D eigenvalue weighted by molar-refractivity contribution is -0.161. The number of carboxylic acid groups (broad SMARTS) is 1. The molecule has 0 heterocycles. The average molecular weight is 860 g/mol. The van der Waals surface area contributed by atoms with Crippen LogP contribution in [0.15, 0.2) is 12.2 Å². The number of carbonyl (C=O) groups is 3. The molecule has 59 heavy (non-hydrogen) atoms. The molecule has 0 aromatic carbocycles. The van der Waals surface area contributed by atoms with Crippen LogP contribution in [-0.2, 0) is 37.5 Å². The fourth-order valence-electron chi connectivity index (χ4n) is 6.94. The lowest BCUT2D eigenvalue weighted by Gasteiger charge is -2.20. The van der Waals surface area contributed by atoms with Crippen LogP contribution in [0.4, 0.5) is 0 Å². The van der Waals surface area contributed by atoms with Gasteiger partial charge in [0.15, 0.2) is 6.10 Å². The van der Waals surface area contributed by atoms with Gasteiger partial charge in [0.2, 0.25) is 0 Å². The van der Waals surface area contributed by atoms with Crippen molar-refractivity contribution in [3.8, 4) is 0 Å². The lowest BCUT2D eigenvalue weighted by atomic mass is 10.0. The molecule has 0 aromatic rings. The van der Waals surface area contributed by atoms with Crippen LogP contribution in [0.3, 0.4) is 0 Å². The summed E-state index contributed by atoms with van der Waals surface area (Å²) >= 11 is 0. The first kappa shape index (κ1) is 57.2. The summed E-state index contributed by atoms with van der Waals surface area (Å²) in [7, 11) is -4.71. The zero-order valence-electron chi connectivity index (χ0n) is 37.9. The van der Waals surface area contributed by atoms with Crippen LogP contribution in [0, 0.1) is 0 Å². The maximum Gasteiger partial charge on any atom is 0.472 e. The van der Waals surface area contributed by atoms with E-state index in [0.29, 0.717) is 12.8 Å². The van der Waals surface area contributed by atoms with E-state index in [0.717, 1.165) is 44.9 Å². The van der Waals surface area contributed by atoms with Gasteiger partial charge in [-0.15, -0.1) is 0 Å². The van der Waals surface area contributed by atoms with Gasteiger partial charge in [-0.1, -0.05) is 199 Å². The summed E-state index contributed by atoms with van der Waals surface area (Å²) in [6.07, 6.45) is 44.1. The summed E-state index contributed by atoms with van der Waals surface area (Å²) in [5, 5.41) is 8.91. The summed E-state index contributed by atoms with van der Waals surface area (Å²) in [6, 6.07) is -1.52. The van der Waals surface area contributed by atoms with Gasteiger partial charge < -0.3 is 25.2 Å². The summed E-state index contributed by atoms with van der Waals surface area (Å²) in [4.78, 5) is 46.1. The van der Waals surface area contributed by atoms with Crippen LogP contribution < -0.4 is 5.73 Å². The first-order valence-electron chi connectivity index (χ1n) is 24.2. The first-order chi connectivity index (χ1) is 28.6. The van der Waals surface area contributed by atoms with Gasteiger partial charge in [-0.3, -0.25) is 23.4 Å². The van der Waals surface area contributed by atoms with Gasteiger partial charge in [-0.05, 0) is 38.5 Å². The van der Waals surface area contributed by atoms with Crippen LogP contribution in [-0.4, -0.2) is 59.9 Å². The third kappa shape index (κ3) is 42.7. The SMILES string of the molecule is CCCCCCCC/C=C/CCCCCCCCCC(=O)O[C@H](COC(=O)CCCCCCCCCCCCCCCCCCCC)COP(=O)(O)OC[C@H](N)C(=O)O. The van der Waals surface area contributed by atoms with Crippen molar-refractivity contribution in [3.63, 3.8) is 0 Å². The highest BCUT2D eigenvalue weighted by Crippen LogP contribution is 2.43. The molecule has 0 aliphatic carbocycles. The molecule has 0 saturated carbocycles. The van der Waals surface area contributed by atoms with Gasteiger partial charge in [0.25, 0.3) is 0 Å². The smallest absolute Gasteiger partial charge is 0.472 e. The molecule has 0 bridgehead atoms. The molecule has 0 spiro atoms. The number of phosphoric acid groups is 1. The van der Waals surface area contributed by atoms with Crippen molar-refractivity contribution in [1.82, 2.24) is 0 Å². The minimum Gasteiger partial charge on any atom is -0.480 e. The largest absolute Gasteiger partial charge is 0.480 e. The van der Waals surface area contributed by atoms with Crippen molar-refractivity contribution in [2.75, 3.05) is 19.8 Å². The summed E-state index contributed by atoms with van der Waals surface area (Å²) < 4.78 is 32.8. The van der Waals surface area contributed by atoms with Crippen molar-refractivity contribution in [3.05, 3.63) is 12.2 Å². The number of esters is 2. The number of nitrogens with two attached hydrogens (primary N) is 1. The molecule has 4 N–H and O–H groups in total. The molecule has 0 radical (unpaired) electrons. The van der Waals surface area contributed by atoms with Crippen molar-refractivity contribution in [2.45, 2.75) is 251 Å². The third-order valence-electron chi connectivity index (χ3n) is 10.8. The minimum atomic E-state index is -4.71. The Bertz CT molecular complexity index is 1060. The number of hydrogen-bond donors (Lipinski definition) is 3. The average Bonchev–Trinajstić information content (AvgIpc) is 3.21. The Morgan fingerprint density at radius 3 is 1.24 bits per heavy atom. The predicted octanol–water partition coefficient (Wildman–Crippen LogP) is 13.2. The van der Waals surface area contributed by atoms with Crippen molar-refractivity contribution >= 4 is 25.7 Å². The molecule has 0 amide bonds. The zero-order valence-corrected chi connectivity index (χ0v) is 38.8. The van der Waals surface area contributed by atoms with E-state index in [1.54, 1.807) is 0 Å². The Hall–Kier alpha value is -1.78. The lowest BCUT2D eigenvalue weighted by Crippen LogP contribution is -2.34. The fourth-order valence-corrected chi connectivity index (χ4v) is 7.72. The second kappa shape index (κ2) is 42.9. The Kier molecular flexibility index (Phi) is 41.6. The molecule has 0 rings (SSSR count). The molecule has 0 aromatic heterocycles. The molecular formula is C47H90NO10P. The van der Waals surface area contributed by atoms with E-state index in [1.807, 2.05) is 0 Å². The van der Waals surface area contributed by atoms with Crippen LogP contribution in [0.25, 0.3) is 0 Å². The number of hydrogen-bond acceptors (Lipinski definition) is 9. The summed E-state index contributed by atoms with van der Waals surface area (Å²) in [5.74, 6) is -2.37. The van der Waals surface area contributed by atoms with Gasteiger partial charge in [0.05, 0.1) is 13.2 Å². The number of aliphatic carboxylic acids is 1. The van der Waals surface area contributed by atoms with Gasteiger partial charge in [-0.2, -0.15) is 0 Å². The highest BCUT2D eigenvalue weighted by atomic mass is 31.2. The van der Waals surface area contributed by atoms with Crippen LogP contribution >= 0.6 is 7.82 Å². The molecule has 0 saturated heterocycles. The van der Waals surface area contributed by atoms with Gasteiger partial charge >= 0.3 is 25.7 Å². The summed E-state index contributed by atoms with van der Waals surface area (Å²) in [6.45, 7) is 2.84. The number of unbranched alkanes of at least 4 members (excludes halogenated alkanes) is 30. The second-order valence-corrected chi connectivity index (χ2v) is 18.1. The number of rotatable bonds is 46. The second-order valence-electron chi connectivity index (χ2n) is 16.6. The molecule has 12 heteroatoms. The highest BCUT2D eigenvalue weighted by molar-refractivity contribution is 7.47. The molecule has 3 atom stereocenters. The standard InChI is InChI=1S/C47H90NO10P/c1-3-5-7-9-11-13-15-17-19-21-23-24-26-28-30-32-34-36-38-45(49)55-40-43(41-56-59(53,54)57-42-44(48)47(51)52)58-46(50)39-37-35-33-31-29-27-25-22-20-18-16-14-12-10-8-6-4-2/h18,20,43-44H,3-17,19,21-42,48H2,1-2H3,(H,51,52)(H,53,54)/b20-18+/t43-,44+/m1/s1.